The van der Waals surface area contributed by atoms with Crippen molar-refractivity contribution in [2.75, 3.05) is 19.0 Å². The highest BCUT2D eigenvalue weighted by Gasteiger charge is 2.08. The summed E-state index contributed by atoms with van der Waals surface area (Å²) in [4.78, 5) is 4.20. The van der Waals surface area contributed by atoms with Crippen molar-refractivity contribution in [1.82, 2.24) is 14.8 Å². The molecule has 0 aliphatic rings. The molecule has 1 N–H and O–H groups in total. The Bertz CT molecular complexity index is 583. The molecule has 18 heavy (non-hydrogen) atoms. The van der Waals surface area contributed by atoms with E-state index in [9.17, 15) is 0 Å². The zero-order valence-corrected chi connectivity index (χ0v) is 10.3. The SMILES string of the molecule is C#CCNc1ccc(-c2ncn(C)n2)cc1OC. The third kappa shape index (κ3) is 2.43. The first kappa shape index (κ1) is 12.0. The third-order valence-corrected chi connectivity index (χ3v) is 2.44. The largest absolute Gasteiger partial charge is 0.495 e. The van der Waals surface area contributed by atoms with Crippen LogP contribution in [0.15, 0.2) is 24.5 Å². The average Bonchev–Trinajstić information content (AvgIpc) is 2.83. The number of nitrogens with zero attached hydrogens (tertiary/aromatic N) is 3. The maximum Gasteiger partial charge on any atom is 0.181 e. The summed E-state index contributed by atoms with van der Waals surface area (Å²) in [6.07, 6.45) is 6.87. The average molecular weight is 242 g/mol. The van der Waals surface area contributed by atoms with Crippen molar-refractivity contribution in [2.24, 2.45) is 7.05 Å². The lowest BCUT2D eigenvalue weighted by Gasteiger charge is -2.10. The number of ether oxygens (including phenoxy) is 1. The predicted octanol–water partition coefficient (Wildman–Crippen LogP) is 1.54. The topological polar surface area (TPSA) is 52.0 Å². The molecule has 0 aliphatic heterocycles. The van der Waals surface area contributed by atoms with E-state index in [1.807, 2.05) is 25.2 Å². The number of rotatable bonds is 4. The summed E-state index contributed by atoms with van der Waals surface area (Å²) in [7, 11) is 3.45. The van der Waals surface area contributed by atoms with Crippen LogP contribution in [0.1, 0.15) is 0 Å². The van der Waals surface area contributed by atoms with Crippen LogP contribution in [0.25, 0.3) is 11.4 Å². The van der Waals surface area contributed by atoms with Gasteiger partial charge in [0.15, 0.2) is 5.82 Å². The molecule has 92 valence electrons. The molecule has 5 nitrogen and oxygen atoms in total. The molecule has 0 saturated heterocycles. The standard InChI is InChI=1S/C13H14N4O/c1-4-7-14-11-6-5-10(8-12(11)18-3)13-15-9-17(2)16-13/h1,5-6,8-9,14H,7H2,2-3H3. The fourth-order valence-corrected chi connectivity index (χ4v) is 1.59. The molecule has 0 atom stereocenters. The molecule has 1 aromatic carbocycles. The Morgan fingerprint density at radius 2 is 2.33 bits per heavy atom. The molecule has 2 aromatic rings. The lowest BCUT2D eigenvalue weighted by molar-refractivity contribution is 0.416. The molecule has 1 aromatic heterocycles. The second kappa shape index (κ2) is 5.23. The maximum atomic E-state index is 5.32. The molecule has 0 spiro atoms. The van der Waals surface area contributed by atoms with E-state index >= 15 is 0 Å². The summed E-state index contributed by atoms with van der Waals surface area (Å²) in [5.74, 6) is 3.91. The van der Waals surface area contributed by atoms with Crippen molar-refractivity contribution >= 4 is 5.69 Å². The fraction of sp³-hybridized carbons (Fsp3) is 0.231. The monoisotopic (exact) mass is 242 g/mol. The third-order valence-electron chi connectivity index (χ3n) is 2.44. The Hall–Kier alpha value is -2.48. The quantitative estimate of drug-likeness (QED) is 0.826. The molecule has 2 rings (SSSR count). The van der Waals surface area contributed by atoms with E-state index in [1.54, 1.807) is 18.1 Å². The van der Waals surface area contributed by atoms with Crippen LogP contribution < -0.4 is 10.1 Å². The van der Waals surface area contributed by atoms with Gasteiger partial charge in [-0.05, 0) is 18.2 Å². The minimum Gasteiger partial charge on any atom is -0.495 e. The Labute approximate surface area is 106 Å². The van der Waals surface area contributed by atoms with E-state index in [1.165, 1.54) is 0 Å². The first-order valence-electron chi connectivity index (χ1n) is 5.46. The first-order chi connectivity index (χ1) is 8.74. The molecular weight excluding hydrogens is 228 g/mol. The Morgan fingerprint density at radius 3 is 2.94 bits per heavy atom. The highest BCUT2D eigenvalue weighted by atomic mass is 16.5. The lowest BCUT2D eigenvalue weighted by Crippen LogP contribution is -2.01. The molecule has 0 aliphatic carbocycles. The fourth-order valence-electron chi connectivity index (χ4n) is 1.59. The number of hydrogen-bond donors (Lipinski definition) is 1. The normalized spacial score (nSPS) is 9.83. The Morgan fingerprint density at radius 1 is 1.50 bits per heavy atom. The van der Waals surface area contributed by atoms with Crippen LogP contribution in [0.3, 0.4) is 0 Å². The van der Waals surface area contributed by atoms with Gasteiger partial charge >= 0.3 is 0 Å². The van der Waals surface area contributed by atoms with Crippen molar-refractivity contribution in [3.05, 3.63) is 24.5 Å². The number of aromatic nitrogens is 3. The number of benzene rings is 1. The van der Waals surface area contributed by atoms with Gasteiger partial charge in [0, 0.05) is 12.6 Å². The van der Waals surface area contributed by atoms with Crippen molar-refractivity contribution < 1.29 is 4.74 Å². The van der Waals surface area contributed by atoms with Gasteiger partial charge < -0.3 is 10.1 Å². The second-order valence-corrected chi connectivity index (χ2v) is 3.71. The van der Waals surface area contributed by atoms with E-state index < -0.39 is 0 Å². The minimum atomic E-state index is 0.456. The summed E-state index contributed by atoms with van der Waals surface area (Å²) >= 11 is 0. The van der Waals surface area contributed by atoms with Gasteiger partial charge in [0.05, 0.1) is 19.3 Å². The van der Waals surface area contributed by atoms with Crippen LogP contribution >= 0.6 is 0 Å². The molecule has 5 heteroatoms. The molecule has 0 radical (unpaired) electrons. The summed E-state index contributed by atoms with van der Waals surface area (Å²) in [5.41, 5.74) is 1.76. The van der Waals surface area contributed by atoms with Crippen LogP contribution in [-0.2, 0) is 7.05 Å². The van der Waals surface area contributed by atoms with Gasteiger partial charge in [-0.1, -0.05) is 5.92 Å². The Kier molecular flexibility index (Phi) is 3.49. The maximum absolute atomic E-state index is 5.32. The number of methoxy groups -OCH3 is 1. The number of terminal acetylenes is 1. The van der Waals surface area contributed by atoms with Gasteiger partial charge in [0.25, 0.3) is 0 Å². The highest BCUT2D eigenvalue weighted by molar-refractivity contribution is 5.67. The molecular formula is C13H14N4O. The van der Waals surface area contributed by atoms with Gasteiger partial charge in [-0.25, -0.2) is 4.98 Å². The summed E-state index contributed by atoms with van der Waals surface area (Å²) in [6.45, 7) is 0.456. The van der Waals surface area contributed by atoms with Gasteiger partial charge in [-0.2, -0.15) is 5.10 Å². The molecule has 0 fully saturated rings. The first-order valence-corrected chi connectivity index (χ1v) is 5.46. The summed E-state index contributed by atoms with van der Waals surface area (Å²) in [6, 6.07) is 5.72. The summed E-state index contributed by atoms with van der Waals surface area (Å²) in [5, 5.41) is 7.34. The van der Waals surface area contributed by atoms with E-state index in [2.05, 4.69) is 21.3 Å². The van der Waals surface area contributed by atoms with Crippen molar-refractivity contribution in [2.45, 2.75) is 0 Å². The van der Waals surface area contributed by atoms with Crippen LogP contribution in [-0.4, -0.2) is 28.4 Å². The van der Waals surface area contributed by atoms with Gasteiger partial charge in [-0.3, -0.25) is 4.68 Å². The van der Waals surface area contributed by atoms with Crippen LogP contribution in [0.2, 0.25) is 0 Å². The zero-order chi connectivity index (χ0) is 13.0. The molecule has 0 unspecified atom stereocenters. The van der Waals surface area contributed by atoms with E-state index in [0.29, 0.717) is 12.4 Å². The van der Waals surface area contributed by atoms with E-state index in [-0.39, 0.29) is 0 Å². The molecule has 0 bridgehead atoms. The molecule has 1 heterocycles. The highest BCUT2D eigenvalue weighted by Crippen LogP contribution is 2.29. The second-order valence-electron chi connectivity index (χ2n) is 3.71. The van der Waals surface area contributed by atoms with Crippen LogP contribution in [0.5, 0.6) is 5.75 Å². The Balaban J connectivity index is 2.32. The van der Waals surface area contributed by atoms with E-state index in [0.717, 1.165) is 17.0 Å². The van der Waals surface area contributed by atoms with Gasteiger partial charge in [0.2, 0.25) is 0 Å². The number of anilines is 1. The minimum absolute atomic E-state index is 0.456. The smallest absolute Gasteiger partial charge is 0.181 e. The lowest BCUT2D eigenvalue weighted by atomic mass is 10.1. The van der Waals surface area contributed by atoms with Gasteiger partial charge in [-0.15, -0.1) is 6.42 Å². The van der Waals surface area contributed by atoms with Crippen LogP contribution in [0.4, 0.5) is 5.69 Å². The van der Waals surface area contributed by atoms with Crippen molar-refractivity contribution in [1.29, 1.82) is 0 Å². The number of nitrogens with one attached hydrogen (secondary N) is 1. The predicted molar refractivity (Wildman–Crippen MR) is 70.3 cm³/mol. The number of aryl methyl sites for hydroxylation is 1. The molecule has 0 saturated carbocycles. The van der Waals surface area contributed by atoms with Gasteiger partial charge in [0.1, 0.15) is 12.1 Å². The van der Waals surface area contributed by atoms with Crippen LogP contribution in [0, 0.1) is 12.3 Å². The molecule has 0 amide bonds. The number of hydrogen-bond acceptors (Lipinski definition) is 4. The van der Waals surface area contributed by atoms with Crippen molar-refractivity contribution in [3.8, 4) is 29.5 Å². The van der Waals surface area contributed by atoms with E-state index in [4.69, 9.17) is 11.2 Å². The van der Waals surface area contributed by atoms with Crippen molar-refractivity contribution in [3.63, 3.8) is 0 Å². The zero-order valence-electron chi connectivity index (χ0n) is 10.3. The summed E-state index contributed by atoms with van der Waals surface area (Å²) < 4.78 is 6.98.